The number of carbonyl (C=O) groups excluding carboxylic acids is 1. The number of ketones is 1. The van der Waals surface area contributed by atoms with Crippen molar-refractivity contribution in [1.82, 2.24) is 19.7 Å². The monoisotopic (exact) mass is 313 g/mol. The Labute approximate surface area is 132 Å². The summed E-state index contributed by atoms with van der Waals surface area (Å²) in [6, 6.07) is 3.66. The zero-order chi connectivity index (χ0) is 15.1. The second-order valence-corrected chi connectivity index (χ2v) is 6.12. The van der Waals surface area contributed by atoms with Crippen molar-refractivity contribution in [3.8, 4) is 0 Å². The Balaban J connectivity index is 1.92. The molecule has 0 fully saturated rings. The Bertz CT molecular complexity index is 767. The van der Waals surface area contributed by atoms with Crippen molar-refractivity contribution in [2.45, 2.75) is 30.5 Å². The number of hydrogen-bond donors (Lipinski definition) is 1. The lowest BCUT2D eigenvalue weighted by Crippen LogP contribution is -2.31. The van der Waals surface area contributed by atoms with Crippen molar-refractivity contribution in [2.75, 3.05) is 11.6 Å². The molecular formula is C15H15N5OS. The van der Waals surface area contributed by atoms with Gasteiger partial charge in [0.05, 0.1) is 0 Å². The van der Waals surface area contributed by atoms with Crippen LogP contribution in [0.4, 0.5) is 5.95 Å². The smallest absolute Gasteiger partial charge is 0.227 e. The van der Waals surface area contributed by atoms with Crippen LogP contribution in [0, 0.1) is 0 Å². The lowest BCUT2D eigenvalue weighted by Gasteiger charge is -2.32. The average Bonchev–Trinajstić information content (AvgIpc) is 2.96. The van der Waals surface area contributed by atoms with E-state index in [4.69, 9.17) is 0 Å². The highest BCUT2D eigenvalue weighted by Gasteiger charge is 2.36. The van der Waals surface area contributed by atoms with E-state index in [1.807, 2.05) is 23.1 Å². The molecule has 7 heteroatoms. The number of Topliss-reactive ketones (excluding diaryl/α,β-unsaturated/α-hetero) is 1. The van der Waals surface area contributed by atoms with Gasteiger partial charge in [-0.05, 0) is 36.8 Å². The molecular weight excluding hydrogens is 298 g/mol. The molecule has 2 aromatic heterocycles. The lowest BCUT2D eigenvalue weighted by atomic mass is 9.86. The molecule has 4 rings (SSSR count). The number of rotatable bonds is 2. The van der Waals surface area contributed by atoms with Crippen molar-refractivity contribution in [1.29, 1.82) is 0 Å². The molecule has 1 N–H and O–H groups in total. The first kappa shape index (κ1) is 13.5. The third-order valence-corrected chi connectivity index (χ3v) is 4.59. The zero-order valence-electron chi connectivity index (χ0n) is 12.1. The van der Waals surface area contributed by atoms with Crippen LogP contribution in [-0.2, 0) is 4.79 Å². The predicted octanol–water partition coefficient (Wildman–Crippen LogP) is 2.42. The summed E-state index contributed by atoms with van der Waals surface area (Å²) < 4.78 is 1.82. The van der Waals surface area contributed by atoms with E-state index in [1.54, 1.807) is 12.4 Å². The molecule has 1 atom stereocenters. The second-order valence-electron chi connectivity index (χ2n) is 5.34. The third-order valence-electron chi connectivity index (χ3n) is 4.05. The Morgan fingerprint density at radius 2 is 2.14 bits per heavy atom. The molecule has 2 aromatic rings. The number of allylic oxidation sites excluding steroid dienone is 2. The van der Waals surface area contributed by atoms with Gasteiger partial charge in [0.2, 0.25) is 11.1 Å². The number of aromatic nitrogens is 4. The molecule has 1 aliphatic heterocycles. The van der Waals surface area contributed by atoms with Crippen molar-refractivity contribution >= 4 is 23.5 Å². The SMILES string of the molecule is CSc1nc2n(n1)C(c1ccncc1)C1=C(CCCC1=O)N2. The highest BCUT2D eigenvalue weighted by Crippen LogP contribution is 2.40. The van der Waals surface area contributed by atoms with Gasteiger partial charge in [0.1, 0.15) is 6.04 Å². The van der Waals surface area contributed by atoms with E-state index in [1.165, 1.54) is 11.8 Å². The maximum atomic E-state index is 12.5. The van der Waals surface area contributed by atoms with Crippen molar-refractivity contribution in [3.05, 3.63) is 41.4 Å². The average molecular weight is 313 g/mol. The number of hydrogen-bond acceptors (Lipinski definition) is 6. The van der Waals surface area contributed by atoms with Crippen molar-refractivity contribution < 1.29 is 4.79 Å². The van der Waals surface area contributed by atoms with Gasteiger partial charge in [0.25, 0.3) is 0 Å². The third kappa shape index (κ3) is 2.04. The van der Waals surface area contributed by atoms with Gasteiger partial charge in [-0.15, -0.1) is 5.10 Å². The van der Waals surface area contributed by atoms with Gasteiger partial charge < -0.3 is 5.32 Å². The predicted molar refractivity (Wildman–Crippen MR) is 83.7 cm³/mol. The molecule has 6 nitrogen and oxygen atoms in total. The van der Waals surface area contributed by atoms with Crippen molar-refractivity contribution in [3.63, 3.8) is 0 Å². The maximum Gasteiger partial charge on any atom is 0.227 e. The number of fused-ring (bicyclic) bond motifs is 1. The van der Waals surface area contributed by atoms with Gasteiger partial charge in [-0.25, -0.2) is 4.68 Å². The lowest BCUT2D eigenvalue weighted by molar-refractivity contribution is -0.116. The summed E-state index contributed by atoms with van der Waals surface area (Å²) >= 11 is 1.49. The fourth-order valence-electron chi connectivity index (χ4n) is 3.08. The number of nitrogens with zero attached hydrogens (tertiary/aromatic N) is 4. The van der Waals surface area contributed by atoms with E-state index in [0.717, 1.165) is 29.7 Å². The van der Waals surface area contributed by atoms with E-state index in [-0.39, 0.29) is 11.8 Å². The molecule has 0 amide bonds. The molecule has 0 bridgehead atoms. The minimum absolute atomic E-state index is 0.197. The molecule has 0 radical (unpaired) electrons. The summed E-state index contributed by atoms with van der Waals surface area (Å²) in [6.45, 7) is 0. The normalized spacial score (nSPS) is 20.4. The Morgan fingerprint density at radius 3 is 2.91 bits per heavy atom. The molecule has 112 valence electrons. The molecule has 0 spiro atoms. The van der Waals surface area contributed by atoms with E-state index >= 15 is 0 Å². The molecule has 1 unspecified atom stereocenters. The molecule has 22 heavy (non-hydrogen) atoms. The minimum Gasteiger partial charge on any atom is -0.328 e. The van der Waals surface area contributed by atoms with E-state index < -0.39 is 0 Å². The second kappa shape index (κ2) is 5.24. The highest BCUT2D eigenvalue weighted by molar-refractivity contribution is 7.98. The first-order chi connectivity index (χ1) is 10.8. The van der Waals surface area contributed by atoms with Gasteiger partial charge >= 0.3 is 0 Å². The summed E-state index contributed by atoms with van der Waals surface area (Å²) in [5.41, 5.74) is 2.83. The number of anilines is 1. The van der Waals surface area contributed by atoms with Gasteiger partial charge in [-0.3, -0.25) is 9.78 Å². The van der Waals surface area contributed by atoms with Gasteiger partial charge in [0, 0.05) is 30.1 Å². The highest BCUT2D eigenvalue weighted by atomic mass is 32.2. The summed E-state index contributed by atoms with van der Waals surface area (Å²) in [5, 5.41) is 8.56. The van der Waals surface area contributed by atoms with Crippen LogP contribution in [0.25, 0.3) is 0 Å². The van der Waals surface area contributed by atoms with Crippen LogP contribution in [0.1, 0.15) is 30.9 Å². The molecule has 1 aliphatic carbocycles. The Kier molecular flexibility index (Phi) is 3.22. The summed E-state index contributed by atoms with van der Waals surface area (Å²) in [5.74, 6) is 0.905. The summed E-state index contributed by atoms with van der Waals surface area (Å²) in [6.07, 6.45) is 7.80. The van der Waals surface area contributed by atoms with Crippen LogP contribution in [0.3, 0.4) is 0 Å². The van der Waals surface area contributed by atoms with E-state index in [2.05, 4.69) is 20.4 Å². The molecule has 2 aliphatic rings. The van der Waals surface area contributed by atoms with Crippen LogP contribution in [0.5, 0.6) is 0 Å². The van der Waals surface area contributed by atoms with Gasteiger partial charge in [-0.2, -0.15) is 4.98 Å². The van der Waals surface area contributed by atoms with E-state index in [0.29, 0.717) is 17.5 Å². The van der Waals surface area contributed by atoms with Crippen molar-refractivity contribution in [2.24, 2.45) is 0 Å². The van der Waals surface area contributed by atoms with Crippen LogP contribution < -0.4 is 5.32 Å². The zero-order valence-corrected chi connectivity index (χ0v) is 12.9. The van der Waals surface area contributed by atoms with Crippen LogP contribution in [-0.4, -0.2) is 31.8 Å². The molecule has 3 heterocycles. The summed E-state index contributed by atoms with van der Waals surface area (Å²) in [4.78, 5) is 21.1. The fraction of sp³-hybridized carbons (Fsp3) is 0.333. The maximum absolute atomic E-state index is 12.5. The quantitative estimate of drug-likeness (QED) is 0.858. The first-order valence-corrected chi connectivity index (χ1v) is 8.44. The standard InChI is InChI=1S/C15H15N5OS/c1-22-15-18-14-17-10-3-2-4-11(21)12(10)13(20(14)19-15)9-5-7-16-8-6-9/h5-8,13H,2-4H2,1H3,(H,17,18,19). The number of nitrogens with one attached hydrogen (secondary N) is 1. The minimum atomic E-state index is -0.213. The fourth-order valence-corrected chi connectivity index (χ4v) is 3.42. The number of pyridine rings is 1. The largest absolute Gasteiger partial charge is 0.328 e. The Hall–Kier alpha value is -2.15. The molecule has 0 aromatic carbocycles. The van der Waals surface area contributed by atoms with Crippen LogP contribution >= 0.6 is 11.8 Å². The number of carbonyl (C=O) groups is 1. The van der Waals surface area contributed by atoms with Gasteiger partial charge in [0.15, 0.2) is 5.78 Å². The summed E-state index contributed by atoms with van der Waals surface area (Å²) in [7, 11) is 0. The van der Waals surface area contributed by atoms with Crippen LogP contribution in [0.15, 0.2) is 41.0 Å². The molecule has 0 saturated heterocycles. The van der Waals surface area contributed by atoms with E-state index in [9.17, 15) is 4.79 Å². The number of thioether (sulfide) groups is 1. The Morgan fingerprint density at radius 1 is 1.32 bits per heavy atom. The van der Waals surface area contributed by atoms with Crippen LogP contribution in [0.2, 0.25) is 0 Å². The topological polar surface area (TPSA) is 72.7 Å². The van der Waals surface area contributed by atoms with Gasteiger partial charge in [-0.1, -0.05) is 11.8 Å². The molecule has 0 saturated carbocycles. The first-order valence-electron chi connectivity index (χ1n) is 7.21.